The third kappa shape index (κ3) is 6.84. The van der Waals surface area contributed by atoms with E-state index in [9.17, 15) is 0 Å². The van der Waals surface area contributed by atoms with Crippen molar-refractivity contribution in [3.8, 4) is 16.9 Å². The third-order valence-corrected chi connectivity index (χ3v) is 5.02. The average Bonchev–Trinajstić information content (AvgIpc) is 2.61. The molecular formula is C22H29IO. The number of rotatable bonds is 11. The van der Waals surface area contributed by atoms with Crippen molar-refractivity contribution in [2.75, 3.05) is 6.61 Å². The van der Waals surface area contributed by atoms with E-state index >= 15 is 0 Å². The van der Waals surface area contributed by atoms with Crippen LogP contribution < -0.4 is 4.74 Å². The molecule has 0 aromatic heterocycles. The summed E-state index contributed by atoms with van der Waals surface area (Å²) in [5.41, 5.74) is 2.41. The molecule has 24 heavy (non-hydrogen) atoms. The smallest absolute Gasteiger partial charge is 0.127 e. The number of unbranched alkanes of at least 4 members (excludes halogenated alkanes) is 7. The summed E-state index contributed by atoms with van der Waals surface area (Å²) in [6.07, 6.45) is 10.6. The van der Waals surface area contributed by atoms with Crippen LogP contribution in [0.5, 0.6) is 5.75 Å². The van der Waals surface area contributed by atoms with Gasteiger partial charge in [-0.25, -0.2) is 0 Å². The maximum absolute atomic E-state index is 6.07. The van der Waals surface area contributed by atoms with Crippen molar-refractivity contribution in [3.63, 3.8) is 0 Å². The Balaban J connectivity index is 1.74. The van der Waals surface area contributed by atoms with Crippen LogP contribution in [0.2, 0.25) is 0 Å². The molecule has 2 rings (SSSR count). The van der Waals surface area contributed by atoms with Crippen molar-refractivity contribution < 1.29 is 4.74 Å². The number of hydrogen-bond acceptors (Lipinski definition) is 1. The standard InChI is InChI=1S/C22H29IO/c1-2-3-4-5-6-7-8-11-18-24-22-13-10-9-12-21(22)19-14-16-20(23)17-15-19/h9-10,12-17H,2-8,11,18H2,1H3. The molecular weight excluding hydrogens is 407 g/mol. The Hall–Kier alpha value is -1.03. The monoisotopic (exact) mass is 436 g/mol. The fourth-order valence-corrected chi connectivity index (χ4v) is 3.24. The average molecular weight is 436 g/mol. The van der Waals surface area contributed by atoms with Crippen LogP contribution in [0.4, 0.5) is 0 Å². The summed E-state index contributed by atoms with van der Waals surface area (Å²) in [6.45, 7) is 3.09. The minimum atomic E-state index is 0.816. The van der Waals surface area contributed by atoms with Crippen LogP contribution in [-0.2, 0) is 0 Å². The Morgan fingerprint density at radius 1 is 0.750 bits per heavy atom. The number of hydrogen-bond donors (Lipinski definition) is 0. The summed E-state index contributed by atoms with van der Waals surface area (Å²) >= 11 is 2.34. The topological polar surface area (TPSA) is 9.23 Å². The summed E-state index contributed by atoms with van der Waals surface area (Å²) in [6, 6.07) is 17.0. The van der Waals surface area contributed by atoms with Gasteiger partial charge in [0.25, 0.3) is 0 Å². The van der Waals surface area contributed by atoms with Crippen LogP contribution in [0.1, 0.15) is 58.3 Å². The van der Waals surface area contributed by atoms with Gasteiger partial charge in [0.2, 0.25) is 0 Å². The molecule has 0 aliphatic heterocycles. The molecule has 0 aliphatic rings. The van der Waals surface area contributed by atoms with Gasteiger partial charge in [-0.2, -0.15) is 0 Å². The minimum absolute atomic E-state index is 0.816. The highest BCUT2D eigenvalue weighted by Crippen LogP contribution is 2.30. The van der Waals surface area contributed by atoms with Crippen LogP contribution in [0.3, 0.4) is 0 Å². The molecule has 2 aromatic carbocycles. The van der Waals surface area contributed by atoms with E-state index in [0.29, 0.717) is 0 Å². The van der Waals surface area contributed by atoms with Gasteiger partial charge in [0.15, 0.2) is 0 Å². The summed E-state index contributed by atoms with van der Waals surface area (Å²) in [7, 11) is 0. The van der Waals surface area contributed by atoms with Crippen molar-refractivity contribution in [1.82, 2.24) is 0 Å². The summed E-state index contributed by atoms with van der Waals surface area (Å²) < 4.78 is 7.32. The normalized spacial score (nSPS) is 10.8. The molecule has 2 heteroatoms. The second-order valence-electron chi connectivity index (χ2n) is 6.33. The van der Waals surface area contributed by atoms with Gasteiger partial charge < -0.3 is 4.74 Å². The van der Waals surface area contributed by atoms with Crippen LogP contribution in [0.15, 0.2) is 48.5 Å². The molecule has 1 nitrogen and oxygen atoms in total. The first-order valence-corrected chi connectivity index (χ1v) is 10.4. The zero-order valence-corrected chi connectivity index (χ0v) is 16.9. The van der Waals surface area contributed by atoms with Crippen LogP contribution in [0, 0.1) is 3.57 Å². The van der Waals surface area contributed by atoms with Crippen molar-refractivity contribution in [3.05, 3.63) is 52.1 Å². The molecule has 0 saturated carbocycles. The molecule has 0 amide bonds. The highest BCUT2D eigenvalue weighted by atomic mass is 127. The Bertz CT molecular complexity index is 577. The lowest BCUT2D eigenvalue weighted by atomic mass is 10.0. The first-order valence-electron chi connectivity index (χ1n) is 9.29. The van der Waals surface area contributed by atoms with Crippen LogP contribution in [-0.4, -0.2) is 6.61 Å². The van der Waals surface area contributed by atoms with E-state index in [0.717, 1.165) is 18.8 Å². The molecule has 0 saturated heterocycles. The zero-order chi connectivity index (χ0) is 17.0. The van der Waals surface area contributed by atoms with Gasteiger partial charge in [0.1, 0.15) is 5.75 Å². The third-order valence-electron chi connectivity index (χ3n) is 4.30. The molecule has 130 valence electrons. The van der Waals surface area contributed by atoms with Gasteiger partial charge in [0, 0.05) is 9.13 Å². The Morgan fingerprint density at radius 2 is 1.38 bits per heavy atom. The maximum atomic E-state index is 6.07. The van der Waals surface area contributed by atoms with Crippen molar-refractivity contribution >= 4 is 22.6 Å². The number of para-hydroxylation sites is 1. The van der Waals surface area contributed by atoms with E-state index in [1.54, 1.807) is 0 Å². The lowest BCUT2D eigenvalue weighted by Gasteiger charge is -2.12. The van der Waals surface area contributed by atoms with Gasteiger partial charge in [-0.15, -0.1) is 0 Å². The van der Waals surface area contributed by atoms with E-state index in [1.807, 2.05) is 0 Å². The molecule has 0 atom stereocenters. The maximum Gasteiger partial charge on any atom is 0.127 e. The number of benzene rings is 2. The van der Waals surface area contributed by atoms with E-state index in [-0.39, 0.29) is 0 Å². The van der Waals surface area contributed by atoms with Crippen molar-refractivity contribution in [2.24, 2.45) is 0 Å². The van der Waals surface area contributed by atoms with Crippen LogP contribution >= 0.6 is 22.6 Å². The molecule has 0 unspecified atom stereocenters. The number of ether oxygens (including phenoxy) is 1. The summed E-state index contributed by atoms with van der Waals surface area (Å²) in [4.78, 5) is 0. The predicted molar refractivity (Wildman–Crippen MR) is 113 cm³/mol. The summed E-state index contributed by atoms with van der Waals surface area (Å²) in [5.74, 6) is 1.00. The van der Waals surface area contributed by atoms with Crippen LogP contribution in [0.25, 0.3) is 11.1 Å². The second-order valence-corrected chi connectivity index (χ2v) is 7.57. The Labute approximate surface area is 161 Å². The largest absolute Gasteiger partial charge is 0.493 e. The van der Waals surface area contributed by atoms with Gasteiger partial charge in [0.05, 0.1) is 6.61 Å². The lowest BCUT2D eigenvalue weighted by Crippen LogP contribution is -1.99. The van der Waals surface area contributed by atoms with Gasteiger partial charge in [-0.3, -0.25) is 0 Å². The molecule has 2 aromatic rings. The van der Waals surface area contributed by atoms with E-state index in [4.69, 9.17) is 4.74 Å². The molecule has 0 bridgehead atoms. The molecule has 0 spiro atoms. The Kier molecular flexibility index (Phi) is 9.26. The zero-order valence-electron chi connectivity index (χ0n) is 14.8. The Morgan fingerprint density at radius 3 is 2.08 bits per heavy atom. The fraction of sp³-hybridized carbons (Fsp3) is 0.455. The van der Waals surface area contributed by atoms with Gasteiger partial charge >= 0.3 is 0 Å². The van der Waals surface area contributed by atoms with E-state index in [2.05, 4.69) is 78.0 Å². The van der Waals surface area contributed by atoms with E-state index in [1.165, 1.54) is 59.6 Å². The number of halogens is 1. The molecule has 0 aliphatic carbocycles. The van der Waals surface area contributed by atoms with Gasteiger partial charge in [-0.05, 0) is 52.8 Å². The highest BCUT2D eigenvalue weighted by molar-refractivity contribution is 14.1. The van der Waals surface area contributed by atoms with Crippen molar-refractivity contribution in [2.45, 2.75) is 58.3 Å². The fourth-order valence-electron chi connectivity index (χ4n) is 2.88. The molecule has 0 N–H and O–H groups in total. The molecule has 0 radical (unpaired) electrons. The van der Waals surface area contributed by atoms with E-state index < -0.39 is 0 Å². The SMILES string of the molecule is CCCCCCCCCCOc1ccccc1-c1ccc(I)cc1. The first-order chi connectivity index (χ1) is 11.8. The predicted octanol–water partition coefficient (Wildman–Crippen LogP) is 7.48. The van der Waals surface area contributed by atoms with Gasteiger partial charge in [-0.1, -0.05) is 82.2 Å². The summed E-state index contributed by atoms with van der Waals surface area (Å²) in [5, 5.41) is 0. The quantitative estimate of drug-likeness (QED) is 0.262. The first kappa shape index (κ1) is 19.3. The molecule has 0 heterocycles. The minimum Gasteiger partial charge on any atom is -0.493 e. The molecule has 0 fully saturated rings. The lowest BCUT2D eigenvalue weighted by molar-refractivity contribution is 0.305. The highest BCUT2D eigenvalue weighted by Gasteiger charge is 2.05. The second kappa shape index (κ2) is 11.5. The van der Waals surface area contributed by atoms with Crippen molar-refractivity contribution in [1.29, 1.82) is 0 Å².